The number of rotatable bonds is 44. The summed E-state index contributed by atoms with van der Waals surface area (Å²) in [5, 5.41) is 0. The minimum Gasteiger partial charge on any atom is -0.462 e. The maximum atomic E-state index is 12.7. The van der Waals surface area contributed by atoms with Crippen LogP contribution in [0, 0.1) is 0 Å². The molecule has 0 saturated heterocycles. The zero-order valence-corrected chi connectivity index (χ0v) is 39.2. The molecule has 344 valence electrons. The third-order valence-corrected chi connectivity index (χ3v) is 10.4. The van der Waals surface area contributed by atoms with Crippen molar-refractivity contribution in [2.75, 3.05) is 13.2 Å². The minimum absolute atomic E-state index is 0.103. The summed E-state index contributed by atoms with van der Waals surface area (Å²) in [6.45, 7) is 6.50. The maximum Gasteiger partial charge on any atom is 0.306 e. The van der Waals surface area contributed by atoms with Crippen LogP contribution in [0.4, 0.5) is 0 Å². The van der Waals surface area contributed by atoms with Crippen molar-refractivity contribution < 1.29 is 28.6 Å². The lowest BCUT2D eigenvalue weighted by atomic mass is 10.1. The number of carbonyl (C=O) groups excluding carboxylic acids is 3. The molecule has 0 aromatic rings. The molecule has 0 spiro atoms. The molecule has 0 aromatic carbocycles. The molecule has 1 unspecified atom stereocenters. The molecule has 0 amide bonds. The van der Waals surface area contributed by atoms with Crippen LogP contribution in [0.5, 0.6) is 0 Å². The van der Waals surface area contributed by atoms with Crippen molar-refractivity contribution in [2.24, 2.45) is 0 Å². The standard InChI is InChI=1S/C54H92O6/c1-4-7-10-13-16-19-22-25-26-27-28-30-32-35-38-41-44-47-53(56)59-50-51(49-58-52(55)46-43-40-37-34-31-24-21-18-15-12-9-6-3)60-54(57)48-45-42-39-36-33-29-23-20-17-14-11-8-5-2/h16,18-19,21,25-26,28-30,33,35,38,51H,4-15,17,20,22-24,27,31-32,34,36-37,39-50H2,1-3H3/b19-16-,21-18-,26-25-,30-28-,33-29-,38-35-. The molecular formula is C54H92O6. The Hall–Kier alpha value is -3.15. The topological polar surface area (TPSA) is 78.9 Å². The fraction of sp³-hybridized carbons (Fsp3) is 0.722. The predicted octanol–water partition coefficient (Wildman–Crippen LogP) is 16.3. The first-order chi connectivity index (χ1) is 29.5. The van der Waals surface area contributed by atoms with E-state index >= 15 is 0 Å². The zero-order chi connectivity index (χ0) is 43.7. The lowest BCUT2D eigenvalue weighted by Gasteiger charge is -2.18. The summed E-state index contributed by atoms with van der Waals surface area (Å²) >= 11 is 0. The van der Waals surface area contributed by atoms with E-state index < -0.39 is 6.10 Å². The van der Waals surface area contributed by atoms with Crippen molar-refractivity contribution >= 4 is 17.9 Å². The van der Waals surface area contributed by atoms with E-state index in [-0.39, 0.29) is 37.5 Å². The van der Waals surface area contributed by atoms with Gasteiger partial charge in [-0.15, -0.1) is 0 Å². The van der Waals surface area contributed by atoms with Crippen molar-refractivity contribution in [3.63, 3.8) is 0 Å². The van der Waals surface area contributed by atoms with E-state index in [0.717, 1.165) is 89.9 Å². The molecule has 0 aliphatic heterocycles. The van der Waals surface area contributed by atoms with Gasteiger partial charge in [0.1, 0.15) is 13.2 Å². The SMILES string of the molecule is CCCCC/C=C\C/C=C\C/C=C\C/C=C\CCCC(=O)OCC(COC(=O)CCCCCCC/C=C\CCCCC)OC(=O)CCCCC/C=C\CCCCCCCC. The van der Waals surface area contributed by atoms with Gasteiger partial charge in [0.25, 0.3) is 0 Å². The van der Waals surface area contributed by atoms with Gasteiger partial charge in [0.05, 0.1) is 0 Å². The number of ether oxygens (including phenoxy) is 3. The molecule has 0 N–H and O–H groups in total. The Morgan fingerprint density at radius 1 is 0.333 bits per heavy atom. The third kappa shape index (κ3) is 45.9. The van der Waals surface area contributed by atoms with Crippen molar-refractivity contribution in [2.45, 2.75) is 239 Å². The lowest BCUT2D eigenvalue weighted by Crippen LogP contribution is -2.30. The Kier molecular flexibility index (Phi) is 46.0. The van der Waals surface area contributed by atoms with Crippen molar-refractivity contribution in [1.82, 2.24) is 0 Å². The van der Waals surface area contributed by atoms with E-state index in [1.165, 1.54) is 96.3 Å². The monoisotopic (exact) mass is 837 g/mol. The van der Waals surface area contributed by atoms with Crippen LogP contribution in [0.15, 0.2) is 72.9 Å². The van der Waals surface area contributed by atoms with Crippen LogP contribution in [0.3, 0.4) is 0 Å². The Balaban J connectivity index is 4.50. The van der Waals surface area contributed by atoms with Crippen LogP contribution in [0.25, 0.3) is 0 Å². The molecule has 0 saturated carbocycles. The van der Waals surface area contributed by atoms with Crippen LogP contribution in [-0.2, 0) is 28.6 Å². The molecule has 0 aliphatic carbocycles. The van der Waals surface area contributed by atoms with E-state index in [1.54, 1.807) is 0 Å². The van der Waals surface area contributed by atoms with Gasteiger partial charge in [-0.2, -0.15) is 0 Å². The van der Waals surface area contributed by atoms with E-state index in [9.17, 15) is 14.4 Å². The molecule has 1 atom stereocenters. The van der Waals surface area contributed by atoms with E-state index in [4.69, 9.17) is 14.2 Å². The van der Waals surface area contributed by atoms with E-state index in [1.807, 2.05) is 0 Å². The van der Waals surface area contributed by atoms with Crippen molar-refractivity contribution in [1.29, 1.82) is 0 Å². The second kappa shape index (κ2) is 48.5. The summed E-state index contributed by atoms with van der Waals surface area (Å²) < 4.78 is 16.7. The third-order valence-electron chi connectivity index (χ3n) is 10.4. The Labute approximate surface area is 370 Å². The summed E-state index contributed by atoms with van der Waals surface area (Å²) in [7, 11) is 0. The second-order valence-corrected chi connectivity index (χ2v) is 16.4. The predicted molar refractivity (Wildman–Crippen MR) is 256 cm³/mol. The van der Waals surface area contributed by atoms with Gasteiger partial charge in [-0.25, -0.2) is 0 Å². The largest absolute Gasteiger partial charge is 0.462 e. The van der Waals surface area contributed by atoms with Gasteiger partial charge in [-0.05, 0) is 109 Å². The molecule has 0 bridgehead atoms. The Morgan fingerprint density at radius 2 is 0.617 bits per heavy atom. The number of carbonyl (C=O) groups is 3. The number of hydrogen-bond donors (Lipinski definition) is 0. The molecule has 0 aliphatic rings. The first-order valence-corrected chi connectivity index (χ1v) is 24.9. The van der Waals surface area contributed by atoms with E-state index in [0.29, 0.717) is 19.3 Å². The summed E-state index contributed by atoms with van der Waals surface area (Å²) in [6.07, 6.45) is 60.3. The molecule has 0 heterocycles. The van der Waals surface area contributed by atoms with Crippen LogP contribution in [0.1, 0.15) is 233 Å². The fourth-order valence-corrected chi connectivity index (χ4v) is 6.60. The highest BCUT2D eigenvalue weighted by molar-refractivity contribution is 5.71. The summed E-state index contributed by atoms with van der Waals surface area (Å²) in [5.41, 5.74) is 0. The lowest BCUT2D eigenvalue weighted by molar-refractivity contribution is -0.167. The highest BCUT2D eigenvalue weighted by atomic mass is 16.6. The number of allylic oxidation sites excluding steroid dienone is 12. The average Bonchev–Trinajstić information content (AvgIpc) is 3.24. The van der Waals surface area contributed by atoms with Gasteiger partial charge in [-0.3, -0.25) is 14.4 Å². The molecule has 60 heavy (non-hydrogen) atoms. The van der Waals surface area contributed by atoms with Gasteiger partial charge >= 0.3 is 17.9 Å². The normalized spacial score (nSPS) is 12.7. The van der Waals surface area contributed by atoms with Crippen LogP contribution in [0.2, 0.25) is 0 Å². The first-order valence-electron chi connectivity index (χ1n) is 24.9. The molecular weight excluding hydrogens is 745 g/mol. The van der Waals surface area contributed by atoms with E-state index in [2.05, 4.69) is 93.7 Å². The molecule has 0 radical (unpaired) electrons. The van der Waals surface area contributed by atoms with Crippen molar-refractivity contribution in [3.05, 3.63) is 72.9 Å². The zero-order valence-electron chi connectivity index (χ0n) is 39.2. The van der Waals surface area contributed by atoms with Crippen LogP contribution < -0.4 is 0 Å². The van der Waals surface area contributed by atoms with Crippen LogP contribution in [-0.4, -0.2) is 37.2 Å². The average molecular weight is 837 g/mol. The molecule has 0 rings (SSSR count). The van der Waals surface area contributed by atoms with Gasteiger partial charge in [0.15, 0.2) is 6.10 Å². The van der Waals surface area contributed by atoms with Crippen molar-refractivity contribution in [3.8, 4) is 0 Å². The highest BCUT2D eigenvalue weighted by Crippen LogP contribution is 2.12. The highest BCUT2D eigenvalue weighted by Gasteiger charge is 2.19. The second-order valence-electron chi connectivity index (χ2n) is 16.4. The minimum atomic E-state index is -0.807. The number of unbranched alkanes of at least 4 members (excludes halogenated alkanes) is 21. The Bertz CT molecular complexity index is 1140. The Morgan fingerprint density at radius 3 is 1.07 bits per heavy atom. The molecule has 6 heteroatoms. The molecule has 6 nitrogen and oxygen atoms in total. The smallest absolute Gasteiger partial charge is 0.306 e. The van der Waals surface area contributed by atoms with Gasteiger partial charge in [0.2, 0.25) is 0 Å². The summed E-state index contributed by atoms with van der Waals surface area (Å²) in [4.78, 5) is 37.8. The summed E-state index contributed by atoms with van der Waals surface area (Å²) in [6, 6.07) is 0. The quantitative estimate of drug-likeness (QED) is 0.0263. The fourth-order valence-electron chi connectivity index (χ4n) is 6.60. The maximum absolute atomic E-state index is 12.7. The van der Waals surface area contributed by atoms with Crippen LogP contribution >= 0.6 is 0 Å². The number of hydrogen-bond acceptors (Lipinski definition) is 6. The van der Waals surface area contributed by atoms with Gasteiger partial charge in [-0.1, -0.05) is 177 Å². The molecule has 0 fully saturated rings. The van der Waals surface area contributed by atoms with Gasteiger partial charge in [0, 0.05) is 19.3 Å². The summed E-state index contributed by atoms with van der Waals surface area (Å²) in [5.74, 6) is -0.988. The number of esters is 3. The van der Waals surface area contributed by atoms with Gasteiger partial charge < -0.3 is 14.2 Å². The molecule has 0 aromatic heterocycles. The first kappa shape index (κ1) is 56.9.